The van der Waals surface area contributed by atoms with Crippen molar-refractivity contribution in [3.05, 3.63) is 0 Å². The van der Waals surface area contributed by atoms with Crippen molar-refractivity contribution in [3.63, 3.8) is 0 Å². The first-order valence-electron chi connectivity index (χ1n) is 3.93. The molecule has 0 unspecified atom stereocenters. The molecule has 8 heavy (non-hydrogen) atoms. The van der Waals surface area contributed by atoms with Crippen molar-refractivity contribution in [2.24, 2.45) is 5.92 Å². The van der Waals surface area contributed by atoms with Crippen LogP contribution in [0, 0.1) is 5.92 Å². The summed E-state index contributed by atoms with van der Waals surface area (Å²) in [6.45, 7) is 0. The third-order valence-electron chi connectivity index (χ3n) is 2.30. The van der Waals surface area contributed by atoms with E-state index in [0.717, 1.165) is 24.4 Å². The zero-order valence-electron chi connectivity index (χ0n) is 5.82. The molecule has 0 aromatic heterocycles. The Bertz CT molecular complexity index is 55.4. The number of rotatable bonds is 1. The molecular weight excluding hydrogens is 199 g/mol. The van der Waals surface area contributed by atoms with Crippen molar-refractivity contribution in [2.75, 3.05) is 0 Å². The van der Waals surface area contributed by atoms with Gasteiger partial charge >= 0.3 is 66.6 Å². The van der Waals surface area contributed by atoms with Crippen LogP contribution in [0.5, 0.6) is 0 Å². The molecule has 1 rings (SSSR count). The van der Waals surface area contributed by atoms with Gasteiger partial charge in [0.1, 0.15) is 0 Å². The van der Waals surface area contributed by atoms with Gasteiger partial charge in [0.2, 0.25) is 0 Å². The van der Waals surface area contributed by atoms with Crippen molar-refractivity contribution in [1.82, 2.24) is 0 Å². The van der Waals surface area contributed by atoms with Gasteiger partial charge in [0.05, 0.1) is 0 Å². The summed E-state index contributed by atoms with van der Waals surface area (Å²) in [5, 5.41) is 0. The molecular formula is C7H15In. The van der Waals surface area contributed by atoms with Gasteiger partial charge in [-0.3, -0.25) is 0 Å². The molecule has 1 saturated carbocycles. The predicted molar refractivity (Wildman–Crippen MR) is 39.9 cm³/mol. The van der Waals surface area contributed by atoms with Crippen LogP contribution >= 0.6 is 0 Å². The van der Waals surface area contributed by atoms with Gasteiger partial charge in [-0.25, -0.2) is 0 Å². The molecule has 0 bridgehead atoms. The normalized spacial score (nSPS) is 23.5. The predicted octanol–water partition coefficient (Wildman–Crippen LogP) is 1.62. The van der Waals surface area contributed by atoms with Crippen LogP contribution in [-0.2, 0) is 0 Å². The van der Waals surface area contributed by atoms with E-state index >= 15 is 0 Å². The van der Waals surface area contributed by atoms with E-state index in [1.54, 1.807) is 17.0 Å². The van der Waals surface area contributed by atoms with Gasteiger partial charge in [0, 0.05) is 0 Å². The average Bonchev–Trinajstić information content (AvgIpc) is 1.90. The number of hydrogen-bond donors (Lipinski definition) is 0. The Hall–Kier alpha value is 0.870. The molecule has 0 heterocycles. The topological polar surface area (TPSA) is 0 Å². The summed E-state index contributed by atoms with van der Waals surface area (Å²) < 4.78 is 1.63. The van der Waals surface area contributed by atoms with Crippen molar-refractivity contribution < 1.29 is 0 Å². The third-order valence-corrected chi connectivity index (χ3v) is 5.60. The molecule has 0 N–H and O–H groups in total. The van der Waals surface area contributed by atoms with Gasteiger partial charge in [-0.2, -0.15) is 0 Å². The molecule has 0 spiro atoms. The van der Waals surface area contributed by atoms with E-state index in [-0.39, 0.29) is 0 Å². The molecule has 0 radical (unpaired) electrons. The molecule has 0 aliphatic heterocycles. The molecule has 1 aliphatic carbocycles. The number of hydrogen-bond acceptors (Lipinski definition) is 0. The van der Waals surface area contributed by atoms with Crippen molar-refractivity contribution in [3.8, 4) is 0 Å². The molecule has 0 saturated heterocycles. The first-order valence-corrected chi connectivity index (χ1v) is 7.97. The van der Waals surface area contributed by atoms with E-state index in [1.807, 2.05) is 0 Å². The Morgan fingerprint density at radius 1 is 1.12 bits per heavy atom. The summed E-state index contributed by atoms with van der Waals surface area (Å²) in [5.41, 5.74) is 0. The summed E-state index contributed by atoms with van der Waals surface area (Å²) in [6, 6.07) is 0. The van der Waals surface area contributed by atoms with Crippen LogP contribution in [0.4, 0.5) is 0 Å². The van der Waals surface area contributed by atoms with E-state index in [4.69, 9.17) is 0 Å². The third kappa shape index (κ3) is 2.00. The molecule has 0 amide bonds. The maximum atomic E-state index is 1.63. The summed E-state index contributed by atoms with van der Waals surface area (Å²) in [7, 11) is 0. The van der Waals surface area contributed by atoms with Gasteiger partial charge in [-0.05, 0) is 0 Å². The van der Waals surface area contributed by atoms with Crippen LogP contribution in [0.2, 0.25) is 4.18 Å². The van der Waals surface area contributed by atoms with Crippen molar-refractivity contribution in [2.45, 2.75) is 36.3 Å². The summed E-state index contributed by atoms with van der Waals surface area (Å²) in [5.74, 6) is 1.18. The zero-order chi connectivity index (χ0) is 5.82. The Labute approximate surface area is 66.6 Å². The van der Waals surface area contributed by atoms with Gasteiger partial charge < -0.3 is 0 Å². The van der Waals surface area contributed by atoms with Crippen LogP contribution in [0.25, 0.3) is 0 Å². The van der Waals surface area contributed by atoms with Crippen LogP contribution in [0.1, 0.15) is 32.1 Å². The van der Waals surface area contributed by atoms with E-state index < -0.39 is 0 Å². The average molecular weight is 214 g/mol. The van der Waals surface area contributed by atoms with Crippen LogP contribution in [0.3, 0.4) is 0 Å². The van der Waals surface area contributed by atoms with E-state index in [0.29, 0.717) is 0 Å². The molecule has 0 nitrogen and oxygen atoms in total. The fourth-order valence-corrected chi connectivity index (χ4v) is 3.93. The summed E-state index contributed by atoms with van der Waals surface area (Å²) in [6.07, 6.45) is 7.71. The minimum atomic E-state index is 0.977. The van der Waals surface area contributed by atoms with Crippen LogP contribution < -0.4 is 0 Å². The molecule has 46 valence electrons. The monoisotopic (exact) mass is 214 g/mol. The standard InChI is InChI=1S/C7H13.In.2H/c1-7-5-3-2-4-6-7;;;/h7H,1-6H2;;;. The fraction of sp³-hybridized carbons (Fsp3) is 1.00. The molecule has 0 aromatic rings. The Balaban J connectivity index is 2.13. The second kappa shape index (κ2) is 3.81. The molecule has 1 heteroatoms. The van der Waals surface area contributed by atoms with Gasteiger partial charge in [0.25, 0.3) is 0 Å². The van der Waals surface area contributed by atoms with E-state index in [2.05, 4.69) is 0 Å². The fourth-order valence-electron chi connectivity index (χ4n) is 1.60. The summed E-state index contributed by atoms with van der Waals surface area (Å²) >= 11 is 0.977. The Morgan fingerprint density at radius 2 is 1.75 bits per heavy atom. The minimum absolute atomic E-state index is 0.977. The zero-order valence-corrected chi connectivity index (χ0v) is 11.5. The first-order chi connectivity index (χ1) is 3.93. The van der Waals surface area contributed by atoms with E-state index in [9.17, 15) is 0 Å². The molecule has 1 fully saturated rings. The second-order valence-electron chi connectivity index (χ2n) is 2.91. The Kier molecular flexibility index (Phi) is 3.33. The molecule has 0 atom stereocenters. The molecule has 0 aromatic carbocycles. The molecule has 1 aliphatic rings. The van der Waals surface area contributed by atoms with Gasteiger partial charge in [0.15, 0.2) is 0 Å². The van der Waals surface area contributed by atoms with Gasteiger partial charge in [-0.15, -0.1) is 0 Å². The van der Waals surface area contributed by atoms with Crippen LogP contribution in [0.15, 0.2) is 0 Å². The van der Waals surface area contributed by atoms with Crippen molar-refractivity contribution >= 4 is 24.4 Å². The van der Waals surface area contributed by atoms with Crippen LogP contribution in [-0.4, -0.2) is 24.4 Å². The first kappa shape index (κ1) is 6.98. The second-order valence-corrected chi connectivity index (χ2v) is 5.24. The van der Waals surface area contributed by atoms with E-state index in [1.165, 1.54) is 25.2 Å². The van der Waals surface area contributed by atoms with Crippen molar-refractivity contribution in [1.29, 1.82) is 0 Å². The Morgan fingerprint density at radius 3 is 2.12 bits per heavy atom. The van der Waals surface area contributed by atoms with Gasteiger partial charge in [-0.1, -0.05) is 0 Å². The summed E-state index contributed by atoms with van der Waals surface area (Å²) in [4.78, 5) is 0. The maximum absolute atomic E-state index is 1.63. The SMILES string of the molecule is [InH2][CH2]C1CCCCC1. The quantitative estimate of drug-likeness (QED) is 0.622.